The quantitative estimate of drug-likeness (QED) is 0.510. The first-order valence-corrected chi connectivity index (χ1v) is 11.5. The van der Waals surface area contributed by atoms with Crippen LogP contribution in [0.25, 0.3) is 0 Å². The standard InChI is InChI=1S/C24H31N3O5.BrH/c28-22(25-21-13-16-31-26-21)20(17-27-14-7-2-8-15-27)32-23(29)24(30,19-11-5-6-12-19)18-9-3-1-4-10-18;/h1,3-4,9-10,13,16,19-20,30H,2,5-8,11-12,14-15,17H2,(H,25,26,28);1H. The van der Waals surface area contributed by atoms with Crippen LogP contribution >= 0.6 is 17.0 Å². The number of hydrogen-bond donors (Lipinski definition) is 2. The molecule has 33 heavy (non-hydrogen) atoms. The van der Waals surface area contributed by atoms with E-state index in [9.17, 15) is 14.7 Å². The summed E-state index contributed by atoms with van der Waals surface area (Å²) in [4.78, 5) is 28.7. The summed E-state index contributed by atoms with van der Waals surface area (Å²) in [5, 5.41) is 18.1. The summed E-state index contributed by atoms with van der Waals surface area (Å²) >= 11 is 0. The van der Waals surface area contributed by atoms with E-state index >= 15 is 0 Å². The Kier molecular flexibility index (Phi) is 9.05. The first-order chi connectivity index (χ1) is 15.6. The molecule has 2 aliphatic rings. The van der Waals surface area contributed by atoms with Gasteiger partial charge in [0.25, 0.3) is 5.91 Å². The molecule has 2 heterocycles. The molecule has 1 amide bonds. The number of esters is 1. The van der Waals surface area contributed by atoms with Crippen molar-refractivity contribution in [3.63, 3.8) is 0 Å². The zero-order valence-corrected chi connectivity index (χ0v) is 20.4. The third-order valence-corrected chi connectivity index (χ3v) is 6.57. The zero-order valence-electron chi connectivity index (χ0n) is 18.7. The predicted octanol–water partition coefficient (Wildman–Crippen LogP) is 3.67. The molecule has 2 N–H and O–H groups in total. The fraction of sp³-hybridized carbons (Fsp3) is 0.542. The van der Waals surface area contributed by atoms with Gasteiger partial charge in [-0.3, -0.25) is 9.69 Å². The fourth-order valence-electron chi connectivity index (χ4n) is 4.81. The van der Waals surface area contributed by atoms with Gasteiger partial charge >= 0.3 is 5.97 Å². The maximum absolute atomic E-state index is 13.5. The first kappa shape index (κ1) is 25.4. The number of rotatable bonds is 8. The molecule has 180 valence electrons. The second-order valence-corrected chi connectivity index (χ2v) is 8.74. The summed E-state index contributed by atoms with van der Waals surface area (Å²) in [6.45, 7) is 1.96. The molecule has 4 rings (SSSR count). The van der Waals surface area contributed by atoms with Crippen molar-refractivity contribution < 1.29 is 24.0 Å². The lowest BCUT2D eigenvalue weighted by atomic mass is 9.80. The molecule has 2 atom stereocenters. The van der Waals surface area contributed by atoms with Crippen molar-refractivity contribution in [2.45, 2.75) is 56.7 Å². The molecule has 0 spiro atoms. The number of ether oxygens (including phenoxy) is 1. The number of aromatic nitrogens is 1. The Hall–Kier alpha value is -2.23. The Balaban J connectivity index is 0.00000306. The number of benzene rings is 1. The van der Waals surface area contributed by atoms with Crippen molar-refractivity contribution in [1.29, 1.82) is 0 Å². The van der Waals surface area contributed by atoms with Crippen molar-refractivity contribution in [3.05, 3.63) is 48.2 Å². The van der Waals surface area contributed by atoms with Crippen LogP contribution in [0.15, 0.2) is 47.2 Å². The molecule has 0 bridgehead atoms. The summed E-state index contributed by atoms with van der Waals surface area (Å²) in [6, 6.07) is 10.4. The number of carbonyl (C=O) groups is 2. The number of likely N-dealkylation sites (tertiary alicyclic amines) is 1. The number of aliphatic hydroxyl groups is 1. The van der Waals surface area contributed by atoms with Crippen LogP contribution in [-0.4, -0.2) is 52.8 Å². The number of carbonyl (C=O) groups excluding carboxylic acids is 2. The molecule has 1 saturated carbocycles. The summed E-state index contributed by atoms with van der Waals surface area (Å²) in [5.41, 5.74) is -1.28. The lowest BCUT2D eigenvalue weighted by Crippen LogP contribution is -2.50. The van der Waals surface area contributed by atoms with Crippen LogP contribution in [-0.2, 0) is 19.9 Å². The van der Waals surface area contributed by atoms with Crippen molar-refractivity contribution in [1.82, 2.24) is 10.1 Å². The van der Waals surface area contributed by atoms with E-state index in [4.69, 9.17) is 9.26 Å². The van der Waals surface area contributed by atoms with Crippen molar-refractivity contribution in [2.75, 3.05) is 25.0 Å². The van der Waals surface area contributed by atoms with Gasteiger partial charge in [0, 0.05) is 18.5 Å². The topological polar surface area (TPSA) is 105 Å². The highest BCUT2D eigenvalue weighted by molar-refractivity contribution is 8.93. The highest BCUT2D eigenvalue weighted by Gasteiger charge is 2.49. The smallest absolute Gasteiger partial charge is 0.343 e. The van der Waals surface area contributed by atoms with Gasteiger partial charge in [-0.2, -0.15) is 0 Å². The van der Waals surface area contributed by atoms with Crippen LogP contribution in [0.1, 0.15) is 50.5 Å². The van der Waals surface area contributed by atoms with E-state index in [2.05, 4.69) is 15.4 Å². The summed E-state index contributed by atoms with van der Waals surface area (Å²) < 4.78 is 10.6. The summed E-state index contributed by atoms with van der Waals surface area (Å²) in [6.07, 6.45) is 6.91. The molecule has 0 radical (unpaired) electrons. The van der Waals surface area contributed by atoms with Gasteiger partial charge in [0.05, 0.1) is 0 Å². The molecule has 1 aliphatic carbocycles. The Bertz CT molecular complexity index is 883. The monoisotopic (exact) mass is 521 g/mol. The van der Waals surface area contributed by atoms with Crippen LogP contribution in [0.3, 0.4) is 0 Å². The number of nitrogens with one attached hydrogen (secondary N) is 1. The number of piperidine rings is 1. The molecule has 8 nitrogen and oxygen atoms in total. The van der Waals surface area contributed by atoms with E-state index in [1.165, 1.54) is 12.3 Å². The molecule has 2 aromatic rings. The average molecular weight is 522 g/mol. The van der Waals surface area contributed by atoms with Crippen LogP contribution in [0.4, 0.5) is 5.82 Å². The number of hydrogen-bond acceptors (Lipinski definition) is 7. The summed E-state index contributed by atoms with van der Waals surface area (Å²) in [5.74, 6) is -1.25. The Morgan fingerprint density at radius 1 is 1.12 bits per heavy atom. The van der Waals surface area contributed by atoms with Gasteiger partial charge in [0.2, 0.25) is 0 Å². The van der Waals surface area contributed by atoms with Crippen LogP contribution < -0.4 is 5.32 Å². The lowest BCUT2D eigenvalue weighted by Gasteiger charge is -2.35. The summed E-state index contributed by atoms with van der Waals surface area (Å²) in [7, 11) is 0. The maximum Gasteiger partial charge on any atom is 0.343 e. The minimum atomic E-state index is -1.79. The van der Waals surface area contributed by atoms with Gasteiger partial charge in [-0.05, 0) is 44.3 Å². The van der Waals surface area contributed by atoms with Crippen LogP contribution in [0.5, 0.6) is 0 Å². The zero-order chi connectivity index (χ0) is 22.4. The maximum atomic E-state index is 13.5. The molecule has 2 unspecified atom stereocenters. The number of anilines is 1. The van der Waals surface area contributed by atoms with Crippen LogP contribution in [0.2, 0.25) is 0 Å². The minimum Gasteiger partial charge on any atom is -0.448 e. The molecule has 1 saturated heterocycles. The number of amides is 1. The Morgan fingerprint density at radius 3 is 2.45 bits per heavy atom. The van der Waals surface area contributed by atoms with E-state index in [1.54, 1.807) is 24.3 Å². The normalized spacial score (nSPS) is 19.8. The van der Waals surface area contributed by atoms with Gasteiger partial charge in [0.15, 0.2) is 17.5 Å². The van der Waals surface area contributed by atoms with Crippen LogP contribution in [0, 0.1) is 5.92 Å². The van der Waals surface area contributed by atoms with E-state index in [0.29, 0.717) is 5.56 Å². The molecule has 1 aromatic heterocycles. The molecular weight excluding hydrogens is 490 g/mol. The third kappa shape index (κ3) is 6.02. The minimum absolute atomic E-state index is 0. The van der Waals surface area contributed by atoms with Gasteiger partial charge in [-0.15, -0.1) is 17.0 Å². The van der Waals surface area contributed by atoms with E-state index in [1.807, 2.05) is 6.07 Å². The van der Waals surface area contributed by atoms with E-state index in [-0.39, 0.29) is 35.3 Å². The highest BCUT2D eigenvalue weighted by atomic mass is 79.9. The largest absolute Gasteiger partial charge is 0.448 e. The molecule has 1 aliphatic heterocycles. The molecule has 9 heteroatoms. The van der Waals surface area contributed by atoms with Gasteiger partial charge in [-0.25, -0.2) is 4.79 Å². The SMILES string of the molecule is Br.O=C(Nc1ccon1)C(CN1CCCCC1)OC(=O)C(O)(c1ccccc1)C1CCCC1. The second kappa shape index (κ2) is 11.8. The van der Waals surface area contributed by atoms with Crippen molar-refractivity contribution in [2.24, 2.45) is 5.92 Å². The Morgan fingerprint density at radius 2 is 1.82 bits per heavy atom. The molecule has 1 aromatic carbocycles. The first-order valence-electron chi connectivity index (χ1n) is 11.5. The van der Waals surface area contributed by atoms with E-state index < -0.39 is 23.6 Å². The molecular formula is C24H32BrN3O5. The fourth-order valence-corrected chi connectivity index (χ4v) is 4.81. The van der Waals surface area contributed by atoms with Gasteiger partial charge in [-0.1, -0.05) is 54.8 Å². The van der Waals surface area contributed by atoms with Crippen molar-refractivity contribution in [3.8, 4) is 0 Å². The van der Waals surface area contributed by atoms with Gasteiger partial charge in [0.1, 0.15) is 6.26 Å². The number of halogens is 1. The lowest BCUT2D eigenvalue weighted by molar-refractivity contribution is -0.181. The van der Waals surface area contributed by atoms with E-state index in [0.717, 1.165) is 58.0 Å². The number of nitrogens with zero attached hydrogens (tertiary/aromatic N) is 2. The second-order valence-electron chi connectivity index (χ2n) is 8.74. The highest BCUT2D eigenvalue weighted by Crippen LogP contribution is 2.41. The Labute approximate surface area is 204 Å². The average Bonchev–Trinajstić information content (AvgIpc) is 3.54. The third-order valence-electron chi connectivity index (χ3n) is 6.57. The van der Waals surface area contributed by atoms with Crippen molar-refractivity contribution >= 4 is 34.7 Å². The van der Waals surface area contributed by atoms with Gasteiger partial charge < -0.3 is 19.7 Å². The predicted molar refractivity (Wildman–Crippen MR) is 128 cm³/mol. The molecule has 2 fully saturated rings.